The fourth-order valence-corrected chi connectivity index (χ4v) is 5.38. The van der Waals surface area contributed by atoms with Crippen LogP contribution in [0.5, 0.6) is 11.5 Å². The van der Waals surface area contributed by atoms with Gasteiger partial charge < -0.3 is 14.2 Å². The maximum absolute atomic E-state index is 13.3. The maximum atomic E-state index is 13.3. The number of sulfone groups is 1. The number of nitrogens with zero attached hydrogens (tertiary/aromatic N) is 1. The SMILES string of the molecule is CCOC(=O)C(Cc1ccc(OCCN(C(C)C)C(C)C)cc1)S(=O)(=O)c1ccc(OC)cc1. The molecule has 188 valence electrons. The standard InChI is InChI=1S/C26H37NO6S/c1-7-32-26(28)25(34(29,30)24-14-12-22(31-6)13-15-24)18-21-8-10-23(11-9-21)33-17-16-27(19(2)3)20(4)5/h8-15,19-20,25H,7,16-18H2,1-6H3. The second kappa shape index (κ2) is 12.8. The van der Waals surface area contributed by atoms with Crippen molar-refractivity contribution in [3.05, 3.63) is 54.1 Å². The first-order valence-electron chi connectivity index (χ1n) is 11.6. The van der Waals surface area contributed by atoms with Crippen LogP contribution in [0.1, 0.15) is 40.2 Å². The summed E-state index contributed by atoms with van der Waals surface area (Å²) < 4.78 is 42.6. The van der Waals surface area contributed by atoms with Gasteiger partial charge in [0, 0.05) is 25.0 Å². The first-order chi connectivity index (χ1) is 16.1. The van der Waals surface area contributed by atoms with E-state index in [-0.39, 0.29) is 17.9 Å². The van der Waals surface area contributed by atoms with E-state index in [4.69, 9.17) is 14.2 Å². The van der Waals surface area contributed by atoms with Crippen LogP contribution in [0.25, 0.3) is 0 Å². The van der Waals surface area contributed by atoms with Crippen LogP contribution in [0.4, 0.5) is 0 Å². The number of methoxy groups -OCH3 is 1. The molecule has 0 aromatic heterocycles. The van der Waals surface area contributed by atoms with Crippen molar-refractivity contribution >= 4 is 15.8 Å². The highest BCUT2D eigenvalue weighted by molar-refractivity contribution is 7.92. The highest BCUT2D eigenvalue weighted by Gasteiger charge is 2.35. The van der Waals surface area contributed by atoms with E-state index in [9.17, 15) is 13.2 Å². The molecule has 0 spiro atoms. The minimum Gasteiger partial charge on any atom is -0.497 e. The Morgan fingerprint density at radius 1 is 0.912 bits per heavy atom. The van der Waals surface area contributed by atoms with Gasteiger partial charge >= 0.3 is 5.97 Å². The van der Waals surface area contributed by atoms with Crippen LogP contribution >= 0.6 is 0 Å². The van der Waals surface area contributed by atoms with Gasteiger partial charge in [-0.3, -0.25) is 9.69 Å². The molecule has 0 aliphatic heterocycles. The largest absolute Gasteiger partial charge is 0.497 e. The van der Waals surface area contributed by atoms with Crippen molar-refractivity contribution < 1.29 is 27.4 Å². The topological polar surface area (TPSA) is 82.1 Å². The zero-order chi connectivity index (χ0) is 25.3. The lowest BCUT2D eigenvalue weighted by molar-refractivity contribution is -0.142. The zero-order valence-corrected chi connectivity index (χ0v) is 21.8. The maximum Gasteiger partial charge on any atom is 0.325 e. The summed E-state index contributed by atoms with van der Waals surface area (Å²) in [6.45, 7) is 11.8. The molecule has 0 saturated heterocycles. The van der Waals surface area contributed by atoms with E-state index in [0.717, 1.165) is 6.54 Å². The number of hydrogen-bond donors (Lipinski definition) is 0. The summed E-state index contributed by atoms with van der Waals surface area (Å²) in [5.74, 6) is 0.468. The summed E-state index contributed by atoms with van der Waals surface area (Å²) in [5, 5.41) is -1.35. The van der Waals surface area contributed by atoms with Crippen molar-refractivity contribution in [1.29, 1.82) is 0 Å². The summed E-state index contributed by atoms with van der Waals surface area (Å²) in [4.78, 5) is 15.0. The number of benzene rings is 2. The highest BCUT2D eigenvalue weighted by atomic mass is 32.2. The lowest BCUT2D eigenvalue weighted by atomic mass is 10.1. The minimum absolute atomic E-state index is 0.00194. The smallest absolute Gasteiger partial charge is 0.325 e. The average molecular weight is 492 g/mol. The third kappa shape index (κ3) is 7.46. The van der Waals surface area contributed by atoms with Crippen LogP contribution in [0.2, 0.25) is 0 Å². The average Bonchev–Trinajstić information content (AvgIpc) is 2.80. The van der Waals surface area contributed by atoms with Gasteiger partial charge in [-0.15, -0.1) is 0 Å². The fourth-order valence-electron chi connectivity index (χ4n) is 3.80. The van der Waals surface area contributed by atoms with Gasteiger partial charge in [0.2, 0.25) is 0 Å². The number of carbonyl (C=O) groups excluding carboxylic acids is 1. The van der Waals surface area contributed by atoms with Crippen LogP contribution in [-0.2, 0) is 25.8 Å². The molecule has 2 aromatic carbocycles. The Kier molecular flexibility index (Phi) is 10.4. The van der Waals surface area contributed by atoms with Gasteiger partial charge in [-0.1, -0.05) is 12.1 Å². The summed E-state index contributed by atoms with van der Waals surface area (Å²) in [7, 11) is -2.46. The Morgan fingerprint density at radius 3 is 1.97 bits per heavy atom. The molecule has 0 aliphatic carbocycles. The van der Waals surface area contributed by atoms with Crippen molar-refractivity contribution in [2.45, 2.75) is 63.3 Å². The van der Waals surface area contributed by atoms with Gasteiger partial charge in [0.05, 0.1) is 18.6 Å². The van der Waals surface area contributed by atoms with Crippen molar-refractivity contribution in [2.75, 3.05) is 26.9 Å². The number of esters is 1. The Balaban J connectivity index is 2.13. The number of hydrogen-bond acceptors (Lipinski definition) is 7. The Morgan fingerprint density at radius 2 is 1.47 bits per heavy atom. The van der Waals surface area contributed by atoms with E-state index >= 15 is 0 Å². The molecule has 34 heavy (non-hydrogen) atoms. The number of carbonyl (C=O) groups is 1. The molecule has 0 fully saturated rings. The van der Waals surface area contributed by atoms with Crippen molar-refractivity contribution in [3.8, 4) is 11.5 Å². The molecule has 0 radical (unpaired) electrons. The molecule has 2 rings (SSSR count). The van der Waals surface area contributed by atoms with E-state index < -0.39 is 21.1 Å². The quantitative estimate of drug-likeness (QED) is 0.390. The van der Waals surface area contributed by atoms with Gasteiger partial charge in [-0.05, 0) is 76.6 Å². The monoisotopic (exact) mass is 491 g/mol. The third-order valence-corrected chi connectivity index (χ3v) is 7.64. The Hall–Kier alpha value is -2.58. The normalized spacial score (nSPS) is 12.7. The zero-order valence-electron chi connectivity index (χ0n) is 21.0. The lowest BCUT2D eigenvalue weighted by Gasteiger charge is -2.30. The van der Waals surface area contributed by atoms with E-state index in [1.165, 1.54) is 19.2 Å². The van der Waals surface area contributed by atoms with Crippen LogP contribution in [-0.4, -0.2) is 63.5 Å². The molecule has 0 bridgehead atoms. The summed E-state index contributed by atoms with van der Waals surface area (Å²) in [6.07, 6.45) is 0.00194. The Labute approximate surface area is 203 Å². The molecule has 0 amide bonds. The molecule has 8 heteroatoms. The third-order valence-electron chi connectivity index (χ3n) is 5.60. The second-order valence-corrected chi connectivity index (χ2v) is 10.7. The van der Waals surface area contributed by atoms with Crippen LogP contribution in [0, 0.1) is 0 Å². The summed E-state index contributed by atoms with van der Waals surface area (Å²) in [5.41, 5.74) is 0.702. The van der Waals surface area contributed by atoms with Gasteiger partial charge in [0.1, 0.15) is 18.1 Å². The molecule has 1 atom stereocenters. The molecule has 7 nitrogen and oxygen atoms in total. The van der Waals surface area contributed by atoms with Crippen molar-refractivity contribution in [2.24, 2.45) is 0 Å². The first-order valence-corrected chi connectivity index (χ1v) is 13.2. The molecule has 0 N–H and O–H groups in total. The van der Waals surface area contributed by atoms with Gasteiger partial charge in [0.15, 0.2) is 15.1 Å². The van der Waals surface area contributed by atoms with Crippen LogP contribution < -0.4 is 9.47 Å². The van der Waals surface area contributed by atoms with Gasteiger partial charge in [-0.25, -0.2) is 8.42 Å². The number of ether oxygens (including phenoxy) is 3. The Bertz CT molecular complexity index is 993. The second-order valence-electron chi connectivity index (χ2n) is 8.58. The van der Waals surface area contributed by atoms with E-state index in [0.29, 0.717) is 35.8 Å². The van der Waals surface area contributed by atoms with Crippen molar-refractivity contribution in [3.63, 3.8) is 0 Å². The fraction of sp³-hybridized carbons (Fsp3) is 0.500. The van der Waals surface area contributed by atoms with Crippen molar-refractivity contribution in [1.82, 2.24) is 4.90 Å². The van der Waals surface area contributed by atoms with Gasteiger partial charge in [0.25, 0.3) is 0 Å². The molecular formula is C26H37NO6S. The molecular weight excluding hydrogens is 454 g/mol. The van der Waals surface area contributed by atoms with Crippen LogP contribution in [0.15, 0.2) is 53.4 Å². The van der Waals surface area contributed by atoms with E-state index in [1.807, 2.05) is 0 Å². The van der Waals surface area contributed by atoms with Gasteiger partial charge in [-0.2, -0.15) is 0 Å². The molecule has 2 aromatic rings. The predicted octanol–water partition coefficient (Wildman–Crippen LogP) is 4.14. The molecule has 0 aliphatic rings. The lowest BCUT2D eigenvalue weighted by Crippen LogP contribution is -2.39. The van der Waals surface area contributed by atoms with E-state index in [1.54, 1.807) is 43.3 Å². The number of rotatable bonds is 13. The molecule has 0 heterocycles. The van der Waals surface area contributed by atoms with Crippen LogP contribution in [0.3, 0.4) is 0 Å². The highest BCUT2D eigenvalue weighted by Crippen LogP contribution is 2.24. The molecule has 0 saturated carbocycles. The van der Waals surface area contributed by atoms with E-state index in [2.05, 4.69) is 32.6 Å². The predicted molar refractivity (Wildman–Crippen MR) is 133 cm³/mol. The summed E-state index contributed by atoms with van der Waals surface area (Å²) >= 11 is 0. The first kappa shape index (κ1) is 27.7. The summed E-state index contributed by atoms with van der Waals surface area (Å²) in [6, 6.07) is 14.0. The molecule has 1 unspecified atom stereocenters. The minimum atomic E-state index is -3.96.